The molecule has 37 heavy (non-hydrogen) atoms. The summed E-state index contributed by atoms with van der Waals surface area (Å²) in [5.41, 5.74) is 10.8. The van der Waals surface area contributed by atoms with Crippen molar-refractivity contribution in [3.05, 3.63) is 119 Å². The topological polar surface area (TPSA) is 47.0 Å². The molecule has 0 aliphatic heterocycles. The highest BCUT2D eigenvalue weighted by atomic mass is 16.5. The van der Waals surface area contributed by atoms with Gasteiger partial charge >= 0.3 is 0 Å². The zero-order valence-electron chi connectivity index (χ0n) is 21.8. The van der Waals surface area contributed by atoms with E-state index in [1.165, 1.54) is 48.1 Å². The van der Waals surface area contributed by atoms with Gasteiger partial charge in [0.1, 0.15) is 12.3 Å². The Balaban J connectivity index is 1.29. The molecule has 1 aromatic heterocycles. The van der Waals surface area contributed by atoms with Crippen LogP contribution in [-0.2, 0) is 19.4 Å². The molecule has 1 aliphatic carbocycles. The highest BCUT2D eigenvalue weighted by molar-refractivity contribution is 5.67. The van der Waals surface area contributed by atoms with E-state index in [-0.39, 0.29) is 0 Å². The second kappa shape index (κ2) is 11.9. The summed E-state index contributed by atoms with van der Waals surface area (Å²) < 4.78 is 6.10. The van der Waals surface area contributed by atoms with Crippen molar-refractivity contribution in [2.75, 3.05) is 5.32 Å². The van der Waals surface area contributed by atoms with Crippen molar-refractivity contribution in [2.45, 2.75) is 59.0 Å². The second-order valence-corrected chi connectivity index (χ2v) is 9.81. The van der Waals surface area contributed by atoms with Crippen LogP contribution in [-0.4, -0.2) is 9.97 Å². The molecule has 4 heteroatoms. The maximum atomic E-state index is 6.10. The summed E-state index contributed by atoms with van der Waals surface area (Å²) in [6, 6.07) is 25.8. The van der Waals surface area contributed by atoms with E-state index in [1.54, 1.807) is 18.0 Å². The van der Waals surface area contributed by atoms with Crippen molar-refractivity contribution < 1.29 is 4.74 Å². The number of aryl methyl sites for hydroxylation is 2. The van der Waals surface area contributed by atoms with Gasteiger partial charge < -0.3 is 10.1 Å². The predicted octanol–water partition coefficient (Wildman–Crippen LogP) is 8.08. The number of nitrogens with zero attached hydrogens (tertiary/aromatic N) is 2. The van der Waals surface area contributed by atoms with Crippen LogP contribution in [0, 0.1) is 6.92 Å². The molecular formula is C33H35N3O. The van der Waals surface area contributed by atoms with Crippen LogP contribution >= 0.6 is 0 Å². The van der Waals surface area contributed by atoms with Crippen LogP contribution in [0.15, 0.2) is 96.5 Å². The summed E-state index contributed by atoms with van der Waals surface area (Å²) in [7, 11) is 0. The third kappa shape index (κ3) is 6.26. The minimum Gasteiger partial charge on any atom is -0.471 e. The van der Waals surface area contributed by atoms with E-state index in [0.717, 1.165) is 35.3 Å². The molecule has 0 spiro atoms. The molecule has 3 aromatic carbocycles. The normalized spacial score (nSPS) is 12.6. The van der Waals surface area contributed by atoms with Gasteiger partial charge in [-0.15, -0.1) is 0 Å². The van der Waals surface area contributed by atoms with Crippen LogP contribution in [0.25, 0.3) is 11.3 Å². The Hall–Kier alpha value is -3.92. The number of nitrogens with one attached hydrogen (secondary N) is 1. The standard InChI is InChI=1S/C33H35N3O/c1-3-7-25-12-14-26(15-13-25)22-31(27-10-6-11-27)36-30-18-16-28(17-19-30)32-33(35-21-20-34-32)37-23-29-9-5-4-8-24(29)2/h4-5,8-9,12-21,36H,3,6-7,10-11,22-23H2,1-2H3. The predicted molar refractivity (Wildman–Crippen MR) is 152 cm³/mol. The van der Waals surface area contributed by atoms with Gasteiger partial charge in [0.15, 0.2) is 0 Å². The van der Waals surface area contributed by atoms with E-state index >= 15 is 0 Å². The largest absolute Gasteiger partial charge is 0.471 e. The molecule has 0 radical (unpaired) electrons. The fourth-order valence-corrected chi connectivity index (χ4v) is 4.66. The molecule has 0 amide bonds. The number of aromatic nitrogens is 2. The molecule has 1 aliphatic rings. The Kier molecular flexibility index (Phi) is 7.95. The molecule has 1 heterocycles. The maximum absolute atomic E-state index is 6.10. The van der Waals surface area contributed by atoms with Crippen molar-refractivity contribution in [1.29, 1.82) is 0 Å². The Morgan fingerprint density at radius 1 is 0.865 bits per heavy atom. The molecule has 1 N–H and O–H groups in total. The van der Waals surface area contributed by atoms with Crippen LogP contribution in [0.2, 0.25) is 0 Å². The molecule has 0 atom stereocenters. The first kappa shape index (κ1) is 24.8. The van der Waals surface area contributed by atoms with Crippen LogP contribution < -0.4 is 10.1 Å². The number of allylic oxidation sites excluding steroid dienone is 2. The first-order valence-electron chi connectivity index (χ1n) is 13.3. The first-order valence-corrected chi connectivity index (χ1v) is 13.3. The number of hydrogen-bond acceptors (Lipinski definition) is 4. The van der Waals surface area contributed by atoms with Gasteiger partial charge in [-0.3, -0.25) is 0 Å². The lowest BCUT2D eigenvalue weighted by molar-refractivity contribution is 0.293. The quantitative estimate of drug-likeness (QED) is 0.245. The molecule has 0 unspecified atom stereocenters. The number of benzene rings is 3. The summed E-state index contributed by atoms with van der Waals surface area (Å²) in [5, 5.41) is 3.73. The average molecular weight is 490 g/mol. The summed E-state index contributed by atoms with van der Waals surface area (Å²) in [6.07, 6.45) is 10.3. The molecule has 0 saturated heterocycles. The summed E-state index contributed by atoms with van der Waals surface area (Å²) >= 11 is 0. The summed E-state index contributed by atoms with van der Waals surface area (Å²) in [5.74, 6) is 0.551. The molecular weight excluding hydrogens is 454 g/mol. The highest BCUT2D eigenvalue weighted by Gasteiger charge is 2.16. The van der Waals surface area contributed by atoms with Crippen molar-refractivity contribution in [3.63, 3.8) is 0 Å². The van der Waals surface area contributed by atoms with Gasteiger partial charge in [0.2, 0.25) is 5.88 Å². The molecule has 4 nitrogen and oxygen atoms in total. The minimum absolute atomic E-state index is 0.467. The van der Waals surface area contributed by atoms with Crippen LogP contribution in [0.4, 0.5) is 5.69 Å². The van der Waals surface area contributed by atoms with Gasteiger partial charge in [-0.1, -0.05) is 79.6 Å². The minimum atomic E-state index is 0.467. The number of rotatable bonds is 10. The maximum Gasteiger partial charge on any atom is 0.240 e. The Labute approximate surface area is 220 Å². The van der Waals surface area contributed by atoms with E-state index in [1.807, 2.05) is 12.1 Å². The Bertz CT molecular complexity index is 1350. The molecule has 1 saturated carbocycles. The lowest BCUT2D eigenvalue weighted by atomic mass is 9.88. The molecule has 0 bridgehead atoms. The van der Waals surface area contributed by atoms with E-state index in [4.69, 9.17) is 4.74 Å². The third-order valence-electron chi connectivity index (χ3n) is 7.07. The summed E-state index contributed by atoms with van der Waals surface area (Å²) in [6.45, 7) is 4.79. The zero-order valence-corrected chi connectivity index (χ0v) is 21.8. The zero-order chi connectivity index (χ0) is 25.5. The fraction of sp³-hybridized carbons (Fsp3) is 0.273. The summed E-state index contributed by atoms with van der Waals surface area (Å²) in [4.78, 5) is 9.05. The molecule has 4 aromatic rings. The second-order valence-electron chi connectivity index (χ2n) is 9.81. The van der Waals surface area contributed by atoms with Crippen LogP contribution in [0.3, 0.4) is 0 Å². The first-order chi connectivity index (χ1) is 18.2. The number of hydrogen-bond donors (Lipinski definition) is 1. The van der Waals surface area contributed by atoms with Crippen molar-refractivity contribution in [2.24, 2.45) is 0 Å². The van der Waals surface area contributed by atoms with E-state index in [0.29, 0.717) is 12.5 Å². The molecule has 1 fully saturated rings. The van der Waals surface area contributed by atoms with Gasteiger partial charge in [0.25, 0.3) is 0 Å². The average Bonchev–Trinajstić information content (AvgIpc) is 2.89. The molecule has 5 rings (SSSR count). The van der Waals surface area contributed by atoms with E-state index < -0.39 is 0 Å². The SMILES string of the molecule is CCCc1ccc(CC(Nc2ccc(-c3nccnc3OCc3ccccc3C)cc2)=C2CCC2)cc1. The number of ether oxygens (including phenoxy) is 1. The van der Waals surface area contributed by atoms with Gasteiger partial charge in [-0.05, 0) is 67.0 Å². The van der Waals surface area contributed by atoms with Gasteiger partial charge in [0.05, 0.1) is 0 Å². The van der Waals surface area contributed by atoms with Gasteiger partial charge in [-0.25, -0.2) is 9.97 Å². The monoisotopic (exact) mass is 489 g/mol. The number of anilines is 1. The third-order valence-corrected chi connectivity index (χ3v) is 7.07. The van der Waals surface area contributed by atoms with Crippen LogP contribution in [0.5, 0.6) is 5.88 Å². The van der Waals surface area contributed by atoms with Crippen LogP contribution in [0.1, 0.15) is 54.9 Å². The smallest absolute Gasteiger partial charge is 0.240 e. The molecule has 188 valence electrons. The Morgan fingerprint density at radius 3 is 2.30 bits per heavy atom. The van der Waals surface area contributed by atoms with Crippen molar-refractivity contribution >= 4 is 5.69 Å². The van der Waals surface area contributed by atoms with Crippen molar-refractivity contribution in [3.8, 4) is 17.1 Å². The van der Waals surface area contributed by atoms with Gasteiger partial charge in [0, 0.05) is 35.8 Å². The lowest BCUT2D eigenvalue weighted by Gasteiger charge is -2.24. The Morgan fingerprint density at radius 2 is 1.59 bits per heavy atom. The lowest BCUT2D eigenvalue weighted by Crippen LogP contribution is -2.11. The van der Waals surface area contributed by atoms with Crippen molar-refractivity contribution in [1.82, 2.24) is 9.97 Å². The van der Waals surface area contributed by atoms with E-state index in [9.17, 15) is 0 Å². The van der Waals surface area contributed by atoms with Gasteiger partial charge in [-0.2, -0.15) is 0 Å². The highest BCUT2D eigenvalue weighted by Crippen LogP contribution is 2.32. The van der Waals surface area contributed by atoms with E-state index in [2.05, 4.69) is 89.8 Å². The fourth-order valence-electron chi connectivity index (χ4n) is 4.66.